The number of anilines is 1. The van der Waals surface area contributed by atoms with Crippen LogP contribution in [0.4, 0.5) is 5.69 Å². The van der Waals surface area contributed by atoms with Gasteiger partial charge in [-0.05, 0) is 63.3 Å². The summed E-state index contributed by atoms with van der Waals surface area (Å²) in [6.45, 7) is 4.90. The summed E-state index contributed by atoms with van der Waals surface area (Å²) in [4.78, 5) is 14.0. The molecule has 150 valence electrons. The predicted octanol–water partition coefficient (Wildman–Crippen LogP) is 1.65. The van der Waals surface area contributed by atoms with Crippen LogP contribution in [-0.4, -0.2) is 50.9 Å². The number of nitrogens with one attached hydrogen (secondary N) is 2. The Labute approximate surface area is 163 Å². The van der Waals surface area contributed by atoms with Crippen LogP contribution in [0.25, 0.3) is 0 Å². The second kappa shape index (κ2) is 9.17. The molecule has 2 N–H and O–H groups in total. The van der Waals surface area contributed by atoms with Crippen LogP contribution in [0, 0.1) is 0 Å². The third-order valence-electron chi connectivity index (χ3n) is 5.81. The van der Waals surface area contributed by atoms with Crippen LogP contribution in [-0.2, 0) is 14.8 Å². The van der Waals surface area contributed by atoms with Crippen LogP contribution < -0.4 is 10.2 Å². The number of hydrogen-bond donors (Lipinski definition) is 2. The van der Waals surface area contributed by atoms with Gasteiger partial charge in [-0.2, -0.15) is 4.31 Å². The second-order valence-corrected chi connectivity index (χ2v) is 9.81. The highest BCUT2D eigenvalue weighted by molar-refractivity contribution is 7.89. The van der Waals surface area contributed by atoms with E-state index < -0.39 is 10.0 Å². The highest BCUT2D eigenvalue weighted by Gasteiger charge is 2.26. The molecule has 0 saturated carbocycles. The van der Waals surface area contributed by atoms with Gasteiger partial charge >= 0.3 is 0 Å². The van der Waals surface area contributed by atoms with Gasteiger partial charge in [0, 0.05) is 18.8 Å². The van der Waals surface area contributed by atoms with Gasteiger partial charge in [0.15, 0.2) is 6.54 Å². The zero-order chi connectivity index (χ0) is 19.3. The Hall–Kier alpha value is -1.44. The summed E-state index contributed by atoms with van der Waals surface area (Å²) in [5.74, 6) is -0.0122. The third-order valence-corrected chi connectivity index (χ3v) is 7.72. The minimum atomic E-state index is -3.44. The topological polar surface area (TPSA) is 70.9 Å². The molecule has 0 bridgehead atoms. The minimum Gasteiger partial charge on any atom is -0.325 e. The monoisotopic (exact) mass is 394 g/mol. The van der Waals surface area contributed by atoms with Crippen molar-refractivity contribution >= 4 is 21.6 Å². The molecule has 0 spiro atoms. The van der Waals surface area contributed by atoms with E-state index in [0.29, 0.717) is 36.3 Å². The minimum absolute atomic E-state index is 0.0122. The first-order chi connectivity index (χ1) is 13.0. The van der Waals surface area contributed by atoms with E-state index >= 15 is 0 Å². The predicted molar refractivity (Wildman–Crippen MR) is 106 cm³/mol. The van der Waals surface area contributed by atoms with E-state index in [4.69, 9.17) is 0 Å². The molecule has 2 saturated heterocycles. The van der Waals surface area contributed by atoms with Crippen LogP contribution in [0.5, 0.6) is 0 Å². The fourth-order valence-electron chi connectivity index (χ4n) is 4.07. The number of hydrogen-bond acceptors (Lipinski definition) is 3. The van der Waals surface area contributed by atoms with Crippen molar-refractivity contribution in [3.8, 4) is 0 Å². The number of likely N-dealkylation sites (tertiary alicyclic amines) is 1. The molecule has 0 aromatic heterocycles. The van der Waals surface area contributed by atoms with E-state index in [1.165, 1.54) is 24.2 Å². The van der Waals surface area contributed by atoms with Gasteiger partial charge in [0.05, 0.1) is 17.5 Å². The molecule has 2 aliphatic heterocycles. The Bertz CT molecular complexity index is 725. The molecule has 27 heavy (non-hydrogen) atoms. The van der Waals surface area contributed by atoms with E-state index in [0.717, 1.165) is 32.2 Å². The Morgan fingerprint density at radius 3 is 2.37 bits per heavy atom. The molecule has 1 aromatic carbocycles. The fraction of sp³-hybridized carbons (Fsp3) is 0.650. The Morgan fingerprint density at radius 2 is 1.74 bits per heavy atom. The largest absolute Gasteiger partial charge is 0.325 e. The second-order valence-electron chi connectivity index (χ2n) is 7.87. The molecule has 0 radical (unpaired) electrons. The SMILES string of the molecule is C[C@H]1CCCC[NH+]1CC(=O)Nc1ccc(S(=O)(=O)N2CCCCCC2)cc1. The summed E-state index contributed by atoms with van der Waals surface area (Å²) in [7, 11) is -3.44. The standard InChI is InChI=1S/C20H31N3O3S/c1-17-8-4-7-13-22(17)16-20(24)21-18-9-11-19(12-10-18)27(25,26)23-14-5-2-3-6-15-23/h9-12,17H,2-8,13-16H2,1H3,(H,21,24)/p+1/t17-/m0/s1. The lowest BCUT2D eigenvalue weighted by Gasteiger charge is -2.29. The lowest BCUT2D eigenvalue weighted by Crippen LogP contribution is -3.17. The number of carbonyl (C=O) groups excluding carboxylic acids is 1. The summed E-state index contributed by atoms with van der Waals surface area (Å²) in [6, 6.07) is 7.11. The maximum Gasteiger partial charge on any atom is 0.279 e. The lowest BCUT2D eigenvalue weighted by molar-refractivity contribution is -0.920. The average Bonchev–Trinajstić information content (AvgIpc) is 2.94. The van der Waals surface area contributed by atoms with Crippen molar-refractivity contribution in [1.29, 1.82) is 0 Å². The number of nitrogens with zero attached hydrogens (tertiary/aromatic N) is 1. The number of benzene rings is 1. The van der Waals surface area contributed by atoms with Crippen molar-refractivity contribution < 1.29 is 18.1 Å². The van der Waals surface area contributed by atoms with Gasteiger partial charge in [-0.25, -0.2) is 8.42 Å². The number of piperidine rings is 1. The fourth-order valence-corrected chi connectivity index (χ4v) is 5.59. The average molecular weight is 395 g/mol. The van der Waals surface area contributed by atoms with Gasteiger partial charge in [0.25, 0.3) is 5.91 Å². The van der Waals surface area contributed by atoms with E-state index in [2.05, 4.69) is 12.2 Å². The van der Waals surface area contributed by atoms with Crippen LogP contribution in [0.1, 0.15) is 51.9 Å². The molecule has 6 nitrogen and oxygen atoms in total. The van der Waals surface area contributed by atoms with Crippen molar-refractivity contribution in [2.45, 2.75) is 62.8 Å². The van der Waals surface area contributed by atoms with Crippen LogP contribution in [0.15, 0.2) is 29.2 Å². The molecule has 1 amide bonds. The molecule has 1 unspecified atom stereocenters. The lowest BCUT2D eigenvalue weighted by atomic mass is 10.0. The Kier molecular flexibility index (Phi) is 6.89. The summed E-state index contributed by atoms with van der Waals surface area (Å²) in [6.07, 6.45) is 7.62. The number of sulfonamides is 1. The van der Waals surface area contributed by atoms with E-state index in [9.17, 15) is 13.2 Å². The van der Waals surface area contributed by atoms with E-state index in [-0.39, 0.29) is 5.91 Å². The molecule has 2 aliphatic rings. The first-order valence-electron chi connectivity index (χ1n) is 10.2. The van der Waals surface area contributed by atoms with Crippen LogP contribution >= 0.6 is 0 Å². The molecule has 2 heterocycles. The number of amides is 1. The van der Waals surface area contributed by atoms with Crippen molar-refractivity contribution in [2.75, 3.05) is 31.5 Å². The van der Waals surface area contributed by atoms with Gasteiger partial charge < -0.3 is 10.2 Å². The quantitative estimate of drug-likeness (QED) is 0.798. The molecule has 7 heteroatoms. The summed E-state index contributed by atoms with van der Waals surface area (Å²) in [5, 5.41) is 2.91. The number of rotatable bonds is 5. The zero-order valence-corrected chi connectivity index (χ0v) is 17.1. The Balaban J connectivity index is 1.60. The summed E-state index contributed by atoms with van der Waals surface area (Å²) < 4.78 is 27.2. The Morgan fingerprint density at radius 1 is 1.07 bits per heavy atom. The highest BCUT2D eigenvalue weighted by atomic mass is 32.2. The molecular weight excluding hydrogens is 362 g/mol. The number of quaternary nitrogens is 1. The first kappa shape index (κ1) is 20.3. The summed E-state index contributed by atoms with van der Waals surface area (Å²) in [5.41, 5.74) is 0.652. The third kappa shape index (κ3) is 5.30. The molecular formula is C20H32N3O3S+. The number of carbonyl (C=O) groups is 1. The first-order valence-corrected chi connectivity index (χ1v) is 11.7. The molecule has 1 aromatic rings. The van der Waals surface area contributed by atoms with Gasteiger partial charge in [-0.3, -0.25) is 4.79 Å². The molecule has 2 atom stereocenters. The smallest absolute Gasteiger partial charge is 0.279 e. The normalized spacial score (nSPS) is 24.9. The zero-order valence-electron chi connectivity index (χ0n) is 16.2. The van der Waals surface area contributed by atoms with Crippen molar-refractivity contribution in [3.63, 3.8) is 0 Å². The highest BCUT2D eigenvalue weighted by Crippen LogP contribution is 2.21. The van der Waals surface area contributed by atoms with Crippen molar-refractivity contribution in [3.05, 3.63) is 24.3 Å². The van der Waals surface area contributed by atoms with E-state index in [1.54, 1.807) is 28.6 Å². The molecule has 2 fully saturated rings. The molecule has 3 rings (SSSR count). The van der Waals surface area contributed by atoms with Crippen LogP contribution in [0.2, 0.25) is 0 Å². The van der Waals surface area contributed by atoms with Crippen LogP contribution in [0.3, 0.4) is 0 Å². The van der Waals surface area contributed by atoms with Gasteiger partial charge in [0.1, 0.15) is 0 Å². The van der Waals surface area contributed by atoms with Gasteiger partial charge in [-0.15, -0.1) is 0 Å². The van der Waals surface area contributed by atoms with Gasteiger partial charge in [0.2, 0.25) is 10.0 Å². The van der Waals surface area contributed by atoms with Crippen molar-refractivity contribution in [1.82, 2.24) is 4.31 Å². The van der Waals surface area contributed by atoms with E-state index in [1.807, 2.05) is 0 Å². The maximum atomic E-state index is 12.8. The van der Waals surface area contributed by atoms with Gasteiger partial charge in [-0.1, -0.05) is 12.8 Å². The maximum absolute atomic E-state index is 12.8. The summed E-state index contributed by atoms with van der Waals surface area (Å²) >= 11 is 0. The molecule has 0 aliphatic carbocycles. The van der Waals surface area contributed by atoms with Crippen molar-refractivity contribution in [2.24, 2.45) is 0 Å².